The smallest absolute Gasteiger partial charge is 0.184 e. The first-order valence-electron chi connectivity index (χ1n) is 6.04. The van der Waals surface area contributed by atoms with Crippen LogP contribution < -0.4 is 5.73 Å². The van der Waals surface area contributed by atoms with Gasteiger partial charge in [-0.2, -0.15) is 0 Å². The molecule has 0 saturated carbocycles. The molecule has 0 fully saturated rings. The molecule has 3 rings (SSSR count). The van der Waals surface area contributed by atoms with E-state index in [2.05, 4.69) is 19.9 Å². The van der Waals surface area contributed by atoms with E-state index in [1.807, 2.05) is 31.2 Å². The van der Waals surface area contributed by atoms with E-state index in [4.69, 9.17) is 10.5 Å². The molecule has 1 aromatic carbocycles. The Balaban J connectivity index is 2.19. The van der Waals surface area contributed by atoms with Gasteiger partial charge in [-0.15, -0.1) is 0 Å². The monoisotopic (exact) mass is 255 g/mol. The van der Waals surface area contributed by atoms with Gasteiger partial charge in [0.05, 0.1) is 11.0 Å². The molecular weight excluding hydrogens is 242 g/mol. The summed E-state index contributed by atoms with van der Waals surface area (Å²) in [7, 11) is 0. The number of hydrogen-bond donors (Lipinski definition) is 1. The second-order valence-electron chi connectivity index (χ2n) is 4.05. The Labute approximate surface area is 109 Å². The van der Waals surface area contributed by atoms with Gasteiger partial charge in [0.25, 0.3) is 0 Å². The average Bonchev–Trinajstić information content (AvgIpc) is 2.43. The second kappa shape index (κ2) is 4.74. The van der Waals surface area contributed by atoms with Crippen molar-refractivity contribution in [2.45, 2.75) is 13.5 Å². The van der Waals surface area contributed by atoms with E-state index in [1.54, 1.807) is 0 Å². The van der Waals surface area contributed by atoms with Crippen molar-refractivity contribution in [3.05, 3.63) is 30.1 Å². The van der Waals surface area contributed by atoms with Crippen molar-refractivity contribution in [1.29, 1.82) is 0 Å². The molecule has 0 atom stereocenters. The maximum atomic E-state index is 5.91. The molecule has 0 radical (unpaired) electrons. The maximum absolute atomic E-state index is 5.91. The van der Waals surface area contributed by atoms with Gasteiger partial charge < -0.3 is 10.5 Å². The van der Waals surface area contributed by atoms with Gasteiger partial charge in [0.1, 0.15) is 6.61 Å². The largest absolute Gasteiger partial charge is 0.382 e. The summed E-state index contributed by atoms with van der Waals surface area (Å²) in [6.07, 6.45) is 0. The summed E-state index contributed by atoms with van der Waals surface area (Å²) < 4.78 is 5.28. The average molecular weight is 255 g/mol. The summed E-state index contributed by atoms with van der Waals surface area (Å²) in [6, 6.07) is 7.59. The summed E-state index contributed by atoms with van der Waals surface area (Å²) >= 11 is 0. The molecule has 0 saturated heterocycles. The highest BCUT2D eigenvalue weighted by molar-refractivity contribution is 5.89. The molecule has 0 bridgehead atoms. The molecule has 0 spiro atoms. The van der Waals surface area contributed by atoms with Crippen LogP contribution in [0.4, 0.5) is 5.82 Å². The number of anilines is 1. The molecule has 0 aliphatic heterocycles. The zero-order valence-electron chi connectivity index (χ0n) is 10.5. The SMILES string of the molecule is CCOCc1nc(N)c2nc3ccccc3nc2n1. The Kier molecular flexibility index (Phi) is 2.92. The van der Waals surface area contributed by atoms with Crippen molar-refractivity contribution < 1.29 is 4.74 Å². The lowest BCUT2D eigenvalue weighted by Crippen LogP contribution is -2.05. The van der Waals surface area contributed by atoms with E-state index in [-0.39, 0.29) is 0 Å². The molecule has 0 aliphatic rings. The maximum Gasteiger partial charge on any atom is 0.184 e. The molecule has 6 heteroatoms. The number of nitrogen functional groups attached to an aromatic ring is 1. The van der Waals surface area contributed by atoms with Crippen LogP contribution in [-0.4, -0.2) is 26.5 Å². The molecule has 96 valence electrons. The lowest BCUT2D eigenvalue weighted by Gasteiger charge is -2.05. The van der Waals surface area contributed by atoms with Gasteiger partial charge in [0.15, 0.2) is 22.8 Å². The van der Waals surface area contributed by atoms with Crippen molar-refractivity contribution in [1.82, 2.24) is 19.9 Å². The van der Waals surface area contributed by atoms with Gasteiger partial charge in [-0.05, 0) is 19.1 Å². The van der Waals surface area contributed by atoms with E-state index in [0.717, 1.165) is 11.0 Å². The normalized spacial score (nSPS) is 11.2. The molecule has 2 N–H and O–H groups in total. The standard InChI is InChI=1S/C13H13N5O/c1-2-19-7-10-17-12(14)11-13(18-10)16-9-6-4-3-5-8(9)15-11/h3-6H,2,7H2,1H3,(H2,14,16,17,18). The lowest BCUT2D eigenvalue weighted by atomic mass is 10.3. The Morgan fingerprint density at radius 2 is 1.79 bits per heavy atom. The van der Waals surface area contributed by atoms with E-state index in [9.17, 15) is 0 Å². The van der Waals surface area contributed by atoms with Crippen LogP contribution in [-0.2, 0) is 11.3 Å². The van der Waals surface area contributed by atoms with Crippen LogP contribution in [0.5, 0.6) is 0 Å². The van der Waals surface area contributed by atoms with Crippen molar-refractivity contribution >= 4 is 28.0 Å². The van der Waals surface area contributed by atoms with Crippen LogP contribution in [0.2, 0.25) is 0 Å². The summed E-state index contributed by atoms with van der Waals surface area (Å²) in [5.41, 5.74) is 8.51. The third kappa shape index (κ3) is 2.17. The second-order valence-corrected chi connectivity index (χ2v) is 4.05. The van der Waals surface area contributed by atoms with Gasteiger partial charge in [-0.1, -0.05) is 12.1 Å². The molecule has 2 heterocycles. The number of ether oxygens (including phenoxy) is 1. The molecular formula is C13H13N5O. The summed E-state index contributed by atoms with van der Waals surface area (Å²) in [5, 5.41) is 0. The van der Waals surface area contributed by atoms with Crippen LogP contribution >= 0.6 is 0 Å². The fraction of sp³-hybridized carbons (Fsp3) is 0.231. The number of nitrogens with zero attached hydrogens (tertiary/aromatic N) is 4. The van der Waals surface area contributed by atoms with Crippen LogP contribution in [0.1, 0.15) is 12.7 Å². The van der Waals surface area contributed by atoms with E-state index >= 15 is 0 Å². The molecule has 0 amide bonds. The molecule has 3 aromatic rings. The number of para-hydroxylation sites is 2. The number of nitrogens with two attached hydrogens (primary N) is 1. The van der Waals surface area contributed by atoms with Crippen molar-refractivity contribution in [3.63, 3.8) is 0 Å². The van der Waals surface area contributed by atoms with Crippen LogP contribution in [0, 0.1) is 0 Å². The number of hydrogen-bond acceptors (Lipinski definition) is 6. The highest BCUT2D eigenvalue weighted by Gasteiger charge is 2.09. The quantitative estimate of drug-likeness (QED) is 0.717. The van der Waals surface area contributed by atoms with Crippen molar-refractivity contribution in [3.8, 4) is 0 Å². The third-order valence-electron chi connectivity index (χ3n) is 2.71. The number of rotatable bonds is 3. The summed E-state index contributed by atoms with van der Waals surface area (Å²) in [4.78, 5) is 17.4. The highest BCUT2D eigenvalue weighted by Crippen LogP contribution is 2.18. The number of aromatic nitrogens is 4. The van der Waals surface area contributed by atoms with Gasteiger partial charge in [-0.3, -0.25) is 0 Å². The first-order chi connectivity index (χ1) is 9.28. The van der Waals surface area contributed by atoms with Crippen LogP contribution in [0.15, 0.2) is 24.3 Å². The van der Waals surface area contributed by atoms with E-state index < -0.39 is 0 Å². The summed E-state index contributed by atoms with van der Waals surface area (Å²) in [6.45, 7) is 2.84. The predicted octanol–water partition coefficient (Wildman–Crippen LogP) is 1.69. The molecule has 19 heavy (non-hydrogen) atoms. The first kappa shape index (κ1) is 11.7. The molecule has 0 aliphatic carbocycles. The van der Waals surface area contributed by atoms with Crippen LogP contribution in [0.3, 0.4) is 0 Å². The zero-order chi connectivity index (χ0) is 13.2. The highest BCUT2D eigenvalue weighted by atomic mass is 16.5. The zero-order valence-corrected chi connectivity index (χ0v) is 10.5. The van der Waals surface area contributed by atoms with Gasteiger partial charge >= 0.3 is 0 Å². The Morgan fingerprint density at radius 1 is 1.05 bits per heavy atom. The molecule has 0 unspecified atom stereocenters. The molecule has 2 aromatic heterocycles. The van der Waals surface area contributed by atoms with Crippen molar-refractivity contribution in [2.75, 3.05) is 12.3 Å². The topological polar surface area (TPSA) is 86.8 Å². The van der Waals surface area contributed by atoms with Crippen molar-refractivity contribution in [2.24, 2.45) is 0 Å². The Bertz CT molecular complexity index is 744. The Morgan fingerprint density at radius 3 is 2.53 bits per heavy atom. The van der Waals surface area contributed by atoms with Gasteiger partial charge in [-0.25, -0.2) is 19.9 Å². The fourth-order valence-corrected chi connectivity index (χ4v) is 1.84. The predicted molar refractivity (Wildman–Crippen MR) is 72.4 cm³/mol. The van der Waals surface area contributed by atoms with Gasteiger partial charge in [0.2, 0.25) is 0 Å². The minimum Gasteiger partial charge on any atom is -0.382 e. The Hall–Kier alpha value is -2.34. The first-order valence-corrected chi connectivity index (χ1v) is 6.04. The fourth-order valence-electron chi connectivity index (χ4n) is 1.84. The third-order valence-corrected chi connectivity index (χ3v) is 2.71. The molecule has 6 nitrogen and oxygen atoms in total. The van der Waals surface area contributed by atoms with Gasteiger partial charge in [0, 0.05) is 6.61 Å². The minimum atomic E-state index is 0.325. The van der Waals surface area contributed by atoms with Crippen LogP contribution in [0.25, 0.3) is 22.2 Å². The minimum absolute atomic E-state index is 0.325. The number of benzene rings is 1. The number of fused-ring (bicyclic) bond motifs is 2. The van der Waals surface area contributed by atoms with E-state index in [0.29, 0.717) is 36.0 Å². The van der Waals surface area contributed by atoms with E-state index in [1.165, 1.54) is 0 Å². The lowest BCUT2D eigenvalue weighted by molar-refractivity contribution is 0.128. The summed E-state index contributed by atoms with van der Waals surface area (Å²) in [5.74, 6) is 0.856.